The van der Waals surface area contributed by atoms with E-state index in [0.29, 0.717) is 11.3 Å². The molecule has 1 saturated carbocycles. The molecule has 5 nitrogen and oxygen atoms in total. The normalized spacial score (nSPS) is 25.0. The van der Waals surface area contributed by atoms with Crippen LogP contribution in [0, 0.1) is 17.3 Å². The number of amides is 2. The molecule has 1 aliphatic rings. The van der Waals surface area contributed by atoms with Crippen LogP contribution < -0.4 is 16.4 Å². The van der Waals surface area contributed by atoms with E-state index >= 15 is 0 Å². The molecular weight excluding hydrogens is 302 g/mol. The molecule has 6 heteroatoms. The van der Waals surface area contributed by atoms with Crippen LogP contribution in [0.25, 0.3) is 0 Å². The maximum absolute atomic E-state index is 11.9. The van der Waals surface area contributed by atoms with E-state index in [4.69, 9.17) is 5.73 Å². The van der Waals surface area contributed by atoms with Gasteiger partial charge in [0, 0.05) is 6.04 Å². The van der Waals surface area contributed by atoms with Gasteiger partial charge in [0.1, 0.15) is 0 Å². The lowest BCUT2D eigenvalue weighted by Gasteiger charge is -2.39. The van der Waals surface area contributed by atoms with Gasteiger partial charge in [-0.1, -0.05) is 34.6 Å². The van der Waals surface area contributed by atoms with Crippen LogP contribution in [0.5, 0.6) is 0 Å². The third-order valence-corrected chi connectivity index (χ3v) is 4.48. The van der Waals surface area contributed by atoms with Crippen LogP contribution >= 0.6 is 12.4 Å². The second-order valence-electron chi connectivity index (χ2n) is 7.55. The Kier molecular flexibility index (Phi) is 8.40. The lowest BCUT2D eigenvalue weighted by Crippen LogP contribution is -2.50. The maximum atomic E-state index is 11.9. The van der Waals surface area contributed by atoms with Crippen molar-refractivity contribution in [1.29, 1.82) is 0 Å². The summed E-state index contributed by atoms with van der Waals surface area (Å²) in [4.78, 5) is 23.7. The van der Waals surface area contributed by atoms with Gasteiger partial charge in [-0.3, -0.25) is 9.59 Å². The van der Waals surface area contributed by atoms with E-state index in [0.717, 1.165) is 19.3 Å². The predicted molar refractivity (Wildman–Crippen MR) is 91.8 cm³/mol. The van der Waals surface area contributed by atoms with Crippen LogP contribution in [0.2, 0.25) is 0 Å². The molecule has 0 spiro atoms. The van der Waals surface area contributed by atoms with Crippen LogP contribution in [0.3, 0.4) is 0 Å². The summed E-state index contributed by atoms with van der Waals surface area (Å²) >= 11 is 0. The molecule has 3 atom stereocenters. The Balaban J connectivity index is 0.00000441. The first-order chi connectivity index (χ1) is 9.62. The zero-order valence-corrected chi connectivity index (χ0v) is 15.3. The van der Waals surface area contributed by atoms with E-state index in [9.17, 15) is 9.59 Å². The van der Waals surface area contributed by atoms with E-state index in [1.54, 1.807) is 0 Å². The molecule has 0 heterocycles. The van der Waals surface area contributed by atoms with Gasteiger partial charge < -0.3 is 16.4 Å². The van der Waals surface area contributed by atoms with Crippen LogP contribution in [-0.2, 0) is 9.59 Å². The van der Waals surface area contributed by atoms with Gasteiger partial charge in [0.15, 0.2) is 0 Å². The summed E-state index contributed by atoms with van der Waals surface area (Å²) in [6.07, 6.45) is 3.23. The highest BCUT2D eigenvalue weighted by Crippen LogP contribution is 2.38. The number of hydrogen-bond acceptors (Lipinski definition) is 3. The Morgan fingerprint density at radius 1 is 1.32 bits per heavy atom. The fourth-order valence-corrected chi connectivity index (χ4v) is 3.01. The topological polar surface area (TPSA) is 84.2 Å². The number of nitrogens with two attached hydrogens (primary N) is 1. The van der Waals surface area contributed by atoms with Crippen molar-refractivity contribution in [2.45, 2.75) is 66.0 Å². The fourth-order valence-electron chi connectivity index (χ4n) is 3.01. The minimum Gasteiger partial charge on any atom is -0.352 e. The Morgan fingerprint density at radius 3 is 2.41 bits per heavy atom. The van der Waals surface area contributed by atoms with E-state index in [1.165, 1.54) is 0 Å². The summed E-state index contributed by atoms with van der Waals surface area (Å²) in [5, 5.41) is 5.64. The molecule has 0 aromatic rings. The highest BCUT2D eigenvalue weighted by atomic mass is 35.5. The molecule has 22 heavy (non-hydrogen) atoms. The largest absolute Gasteiger partial charge is 0.352 e. The Morgan fingerprint density at radius 2 is 1.91 bits per heavy atom. The summed E-state index contributed by atoms with van der Waals surface area (Å²) < 4.78 is 0. The second kappa shape index (κ2) is 8.73. The van der Waals surface area contributed by atoms with Crippen molar-refractivity contribution in [1.82, 2.24) is 10.6 Å². The first-order valence-electron chi connectivity index (χ1n) is 7.95. The van der Waals surface area contributed by atoms with Crippen molar-refractivity contribution in [3.05, 3.63) is 0 Å². The molecule has 2 unspecified atom stereocenters. The highest BCUT2D eigenvalue weighted by molar-refractivity contribution is 5.87. The van der Waals surface area contributed by atoms with Gasteiger partial charge in [-0.25, -0.2) is 0 Å². The molecule has 130 valence electrons. The van der Waals surface area contributed by atoms with Crippen molar-refractivity contribution < 1.29 is 9.59 Å². The monoisotopic (exact) mass is 333 g/mol. The van der Waals surface area contributed by atoms with E-state index in [2.05, 4.69) is 31.4 Å². The molecule has 0 aliphatic heterocycles. The van der Waals surface area contributed by atoms with Gasteiger partial charge in [-0.15, -0.1) is 12.4 Å². The van der Waals surface area contributed by atoms with Crippen molar-refractivity contribution >= 4 is 24.2 Å². The average Bonchev–Trinajstić information content (AvgIpc) is 2.37. The number of carbonyl (C=O) groups is 2. The summed E-state index contributed by atoms with van der Waals surface area (Å²) in [6.45, 7) is 10.5. The summed E-state index contributed by atoms with van der Waals surface area (Å²) in [5.41, 5.74) is 6.10. The van der Waals surface area contributed by atoms with Gasteiger partial charge in [-0.2, -0.15) is 0 Å². The van der Waals surface area contributed by atoms with Gasteiger partial charge in [0.05, 0.1) is 12.6 Å². The molecule has 4 N–H and O–H groups in total. The molecule has 0 aromatic heterocycles. The second-order valence-corrected chi connectivity index (χ2v) is 7.55. The van der Waals surface area contributed by atoms with Crippen LogP contribution in [-0.4, -0.2) is 30.4 Å². The van der Waals surface area contributed by atoms with Crippen molar-refractivity contribution in [2.24, 2.45) is 23.0 Å². The minimum absolute atomic E-state index is 0. The lowest BCUT2D eigenvalue weighted by molar-refractivity contribution is -0.128. The Hall–Kier alpha value is -0.810. The number of carbonyl (C=O) groups excluding carboxylic acids is 2. The maximum Gasteiger partial charge on any atom is 0.239 e. The molecule has 2 amide bonds. The zero-order chi connectivity index (χ0) is 16.2. The standard InChI is InChI=1S/C16H31N3O2.ClH/c1-10(2)14(17)15(21)18-9-13(20)19-12-6-7-16(4,5)8-11(12)3;/h10-12,14H,6-9,17H2,1-5H3,(H,18,21)(H,19,20);1H/t11?,12?,14-;/m0./s1. The molecule has 0 saturated heterocycles. The van der Waals surface area contributed by atoms with Gasteiger partial charge in [0.25, 0.3) is 0 Å². The van der Waals surface area contributed by atoms with E-state index in [1.807, 2.05) is 13.8 Å². The quantitative estimate of drug-likeness (QED) is 0.717. The average molecular weight is 334 g/mol. The Bertz CT molecular complexity index is 386. The first kappa shape index (κ1) is 21.2. The lowest BCUT2D eigenvalue weighted by atomic mass is 9.70. The smallest absolute Gasteiger partial charge is 0.239 e. The highest BCUT2D eigenvalue weighted by Gasteiger charge is 2.33. The number of halogens is 1. The van der Waals surface area contributed by atoms with E-state index < -0.39 is 6.04 Å². The molecule has 0 aromatic carbocycles. The predicted octanol–water partition coefficient (Wildman–Crippen LogP) is 1.84. The molecule has 1 fully saturated rings. The Labute approximate surface area is 140 Å². The third kappa shape index (κ3) is 6.53. The molecular formula is C16H32ClN3O2. The number of nitrogens with one attached hydrogen (secondary N) is 2. The zero-order valence-electron chi connectivity index (χ0n) is 14.4. The van der Waals surface area contributed by atoms with Gasteiger partial charge >= 0.3 is 0 Å². The number of hydrogen-bond donors (Lipinski definition) is 3. The summed E-state index contributed by atoms with van der Waals surface area (Å²) in [6, 6.07) is -0.353. The van der Waals surface area contributed by atoms with Gasteiger partial charge in [0.2, 0.25) is 11.8 Å². The first-order valence-corrected chi connectivity index (χ1v) is 7.95. The molecule has 0 bridgehead atoms. The van der Waals surface area contributed by atoms with Crippen LogP contribution in [0.15, 0.2) is 0 Å². The number of rotatable bonds is 5. The fraction of sp³-hybridized carbons (Fsp3) is 0.875. The third-order valence-electron chi connectivity index (χ3n) is 4.48. The SMILES string of the molecule is CC1CC(C)(C)CCC1NC(=O)CNC(=O)[C@@H](N)C(C)C.Cl. The van der Waals surface area contributed by atoms with Crippen molar-refractivity contribution in [3.8, 4) is 0 Å². The molecule has 1 rings (SSSR count). The van der Waals surface area contributed by atoms with Gasteiger partial charge in [-0.05, 0) is 36.5 Å². The summed E-state index contributed by atoms with van der Waals surface area (Å²) in [5.74, 6) is 0.133. The van der Waals surface area contributed by atoms with Crippen molar-refractivity contribution in [2.75, 3.05) is 6.54 Å². The summed E-state index contributed by atoms with van der Waals surface area (Å²) in [7, 11) is 0. The van der Waals surface area contributed by atoms with Crippen LogP contribution in [0.1, 0.15) is 53.9 Å². The minimum atomic E-state index is -0.563. The van der Waals surface area contributed by atoms with E-state index in [-0.39, 0.29) is 42.7 Å². The van der Waals surface area contributed by atoms with Crippen molar-refractivity contribution in [3.63, 3.8) is 0 Å². The van der Waals surface area contributed by atoms with Crippen LogP contribution in [0.4, 0.5) is 0 Å². The molecule has 1 aliphatic carbocycles. The molecule has 0 radical (unpaired) electrons.